The standard InChI is InChI=1S/C10H16O3/c1-6(2)9(11)7-4-3-5-8(7)10(12)13/h6-8H,3-5H2,1-2H3,(H,12,13)/t7-,8-/m1/s1. The largest absolute Gasteiger partial charge is 0.481 e. The molecule has 0 aromatic heterocycles. The number of carbonyl (C=O) groups excluding carboxylic acids is 1. The zero-order valence-corrected chi connectivity index (χ0v) is 8.12. The maximum atomic E-state index is 11.6. The summed E-state index contributed by atoms with van der Waals surface area (Å²) in [6.07, 6.45) is 2.30. The summed E-state index contributed by atoms with van der Waals surface area (Å²) in [7, 11) is 0. The van der Waals surface area contributed by atoms with Crippen LogP contribution in [0.25, 0.3) is 0 Å². The van der Waals surface area contributed by atoms with E-state index in [2.05, 4.69) is 0 Å². The smallest absolute Gasteiger partial charge is 0.307 e. The van der Waals surface area contributed by atoms with Gasteiger partial charge in [0.05, 0.1) is 5.92 Å². The molecule has 0 saturated heterocycles. The van der Waals surface area contributed by atoms with Crippen molar-refractivity contribution in [3.05, 3.63) is 0 Å². The highest BCUT2D eigenvalue weighted by Gasteiger charge is 2.38. The maximum Gasteiger partial charge on any atom is 0.307 e. The summed E-state index contributed by atoms with van der Waals surface area (Å²) in [4.78, 5) is 22.4. The third-order valence-electron chi connectivity index (χ3n) is 2.77. The molecule has 1 fully saturated rings. The maximum absolute atomic E-state index is 11.6. The van der Waals surface area contributed by atoms with Crippen molar-refractivity contribution >= 4 is 11.8 Å². The Bertz CT molecular complexity index is 220. The van der Waals surface area contributed by atoms with Crippen molar-refractivity contribution in [2.24, 2.45) is 17.8 Å². The van der Waals surface area contributed by atoms with Gasteiger partial charge < -0.3 is 5.11 Å². The van der Waals surface area contributed by atoms with E-state index in [1.54, 1.807) is 0 Å². The van der Waals surface area contributed by atoms with E-state index in [-0.39, 0.29) is 17.6 Å². The number of Topliss-reactive ketones (excluding diaryl/α,β-unsaturated/α-hetero) is 1. The molecule has 0 spiro atoms. The molecule has 0 aliphatic heterocycles. The molecule has 0 heterocycles. The summed E-state index contributed by atoms with van der Waals surface area (Å²) in [5.41, 5.74) is 0. The van der Waals surface area contributed by atoms with E-state index in [9.17, 15) is 9.59 Å². The molecule has 1 aliphatic carbocycles. The molecular formula is C10H16O3. The van der Waals surface area contributed by atoms with Gasteiger partial charge in [-0.25, -0.2) is 0 Å². The number of carboxylic acids is 1. The normalized spacial score (nSPS) is 27.9. The number of ketones is 1. The van der Waals surface area contributed by atoms with E-state index in [0.29, 0.717) is 6.42 Å². The Kier molecular flexibility index (Phi) is 3.07. The van der Waals surface area contributed by atoms with E-state index in [4.69, 9.17) is 5.11 Å². The fourth-order valence-corrected chi connectivity index (χ4v) is 2.02. The molecular weight excluding hydrogens is 168 g/mol. The Morgan fingerprint density at radius 1 is 1.23 bits per heavy atom. The summed E-state index contributed by atoms with van der Waals surface area (Å²) >= 11 is 0. The van der Waals surface area contributed by atoms with E-state index < -0.39 is 11.9 Å². The Morgan fingerprint density at radius 3 is 2.23 bits per heavy atom. The lowest BCUT2D eigenvalue weighted by atomic mass is 9.87. The van der Waals surface area contributed by atoms with Crippen LogP contribution in [0, 0.1) is 17.8 Å². The molecule has 3 heteroatoms. The summed E-state index contributed by atoms with van der Waals surface area (Å²) < 4.78 is 0. The second-order valence-electron chi connectivity index (χ2n) is 4.04. The van der Waals surface area contributed by atoms with Crippen molar-refractivity contribution in [3.63, 3.8) is 0 Å². The predicted octanol–water partition coefficient (Wildman–Crippen LogP) is 1.71. The zero-order chi connectivity index (χ0) is 10.0. The van der Waals surface area contributed by atoms with Gasteiger partial charge in [0.1, 0.15) is 5.78 Å². The van der Waals surface area contributed by atoms with E-state index in [1.807, 2.05) is 13.8 Å². The van der Waals surface area contributed by atoms with Crippen molar-refractivity contribution in [2.45, 2.75) is 33.1 Å². The first-order valence-electron chi connectivity index (χ1n) is 4.80. The molecule has 0 amide bonds. The van der Waals surface area contributed by atoms with Crippen molar-refractivity contribution in [2.75, 3.05) is 0 Å². The number of carboxylic acid groups (broad SMARTS) is 1. The van der Waals surface area contributed by atoms with Crippen LogP contribution in [0.1, 0.15) is 33.1 Å². The van der Waals surface area contributed by atoms with Crippen molar-refractivity contribution in [1.82, 2.24) is 0 Å². The lowest BCUT2D eigenvalue weighted by Crippen LogP contribution is -2.28. The lowest BCUT2D eigenvalue weighted by Gasteiger charge is -2.16. The van der Waals surface area contributed by atoms with Crippen LogP contribution in [0.5, 0.6) is 0 Å². The van der Waals surface area contributed by atoms with Gasteiger partial charge in [-0.2, -0.15) is 0 Å². The van der Waals surface area contributed by atoms with Crippen LogP contribution in [-0.4, -0.2) is 16.9 Å². The number of carbonyl (C=O) groups is 2. The van der Waals surface area contributed by atoms with Crippen LogP contribution < -0.4 is 0 Å². The average molecular weight is 184 g/mol. The third-order valence-corrected chi connectivity index (χ3v) is 2.77. The Hall–Kier alpha value is -0.860. The van der Waals surface area contributed by atoms with Crippen molar-refractivity contribution in [1.29, 1.82) is 0 Å². The molecule has 3 nitrogen and oxygen atoms in total. The van der Waals surface area contributed by atoms with Crippen LogP contribution in [0.2, 0.25) is 0 Å². The summed E-state index contributed by atoms with van der Waals surface area (Å²) in [5, 5.41) is 8.86. The van der Waals surface area contributed by atoms with Gasteiger partial charge >= 0.3 is 5.97 Å². The van der Waals surface area contributed by atoms with Gasteiger partial charge in [0.25, 0.3) is 0 Å². The molecule has 13 heavy (non-hydrogen) atoms. The molecule has 1 aliphatic rings. The first-order valence-corrected chi connectivity index (χ1v) is 4.80. The minimum atomic E-state index is -0.809. The van der Waals surface area contributed by atoms with Crippen LogP contribution in [0.3, 0.4) is 0 Å². The quantitative estimate of drug-likeness (QED) is 0.726. The fourth-order valence-electron chi connectivity index (χ4n) is 2.02. The second-order valence-corrected chi connectivity index (χ2v) is 4.04. The van der Waals surface area contributed by atoms with Crippen LogP contribution >= 0.6 is 0 Å². The van der Waals surface area contributed by atoms with Gasteiger partial charge in [-0.1, -0.05) is 20.3 Å². The Morgan fingerprint density at radius 2 is 1.77 bits per heavy atom. The van der Waals surface area contributed by atoms with Gasteiger partial charge in [-0.15, -0.1) is 0 Å². The summed E-state index contributed by atoms with van der Waals surface area (Å²) in [6.45, 7) is 3.67. The molecule has 0 radical (unpaired) electrons. The summed E-state index contributed by atoms with van der Waals surface area (Å²) in [5.74, 6) is -1.38. The molecule has 0 bridgehead atoms. The van der Waals surface area contributed by atoms with Crippen molar-refractivity contribution in [3.8, 4) is 0 Å². The van der Waals surface area contributed by atoms with Gasteiger partial charge in [-0.05, 0) is 12.8 Å². The molecule has 1 saturated carbocycles. The highest BCUT2D eigenvalue weighted by molar-refractivity contribution is 5.88. The van der Waals surface area contributed by atoms with E-state index >= 15 is 0 Å². The van der Waals surface area contributed by atoms with Crippen LogP contribution in [0.15, 0.2) is 0 Å². The molecule has 0 unspecified atom stereocenters. The van der Waals surface area contributed by atoms with Gasteiger partial charge in [0, 0.05) is 11.8 Å². The number of aliphatic carboxylic acids is 1. The second kappa shape index (κ2) is 3.90. The van der Waals surface area contributed by atoms with Crippen molar-refractivity contribution < 1.29 is 14.7 Å². The number of hydrogen-bond donors (Lipinski definition) is 1. The predicted molar refractivity (Wildman–Crippen MR) is 48.3 cm³/mol. The molecule has 1 N–H and O–H groups in total. The monoisotopic (exact) mass is 184 g/mol. The lowest BCUT2D eigenvalue weighted by molar-refractivity contribution is -0.146. The minimum absolute atomic E-state index is 0.0371. The topological polar surface area (TPSA) is 54.4 Å². The SMILES string of the molecule is CC(C)C(=O)[C@@H]1CCC[C@H]1C(=O)O. The number of hydrogen-bond acceptors (Lipinski definition) is 2. The Balaban J connectivity index is 2.68. The summed E-state index contributed by atoms with van der Waals surface area (Å²) in [6, 6.07) is 0. The van der Waals surface area contributed by atoms with Crippen LogP contribution in [-0.2, 0) is 9.59 Å². The highest BCUT2D eigenvalue weighted by atomic mass is 16.4. The average Bonchev–Trinajstić information content (AvgIpc) is 2.50. The first-order chi connectivity index (χ1) is 6.04. The molecule has 1 rings (SSSR count). The third kappa shape index (κ3) is 2.08. The molecule has 0 aromatic rings. The molecule has 74 valence electrons. The molecule has 2 atom stereocenters. The Labute approximate surface area is 78.1 Å². The fraction of sp³-hybridized carbons (Fsp3) is 0.800. The van der Waals surface area contributed by atoms with Gasteiger partial charge in [0.15, 0.2) is 0 Å². The zero-order valence-electron chi connectivity index (χ0n) is 8.12. The van der Waals surface area contributed by atoms with E-state index in [1.165, 1.54) is 0 Å². The van der Waals surface area contributed by atoms with Gasteiger partial charge in [0.2, 0.25) is 0 Å². The van der Waals surface area contributed by atoms with Crippen LogP contribution in [0.4, 0.5) is 0 Å². The van der Waals surface area contributed by atoms with Gasteiger partial charge in [-0.3, -0.25) is 9.59 Å². The molecule has 0 aromatic carbocycles. The first kappa shape index (κ1) is 10.2. The highest BCUT2D eigenvalue weighted by Crippen LogP contribution is 2.34. The van der Waals surface area contributed by atoms with E-state index in [0.717, 1.165) is 12.8 Å². The minimum Gasteiger partial charge on any atom is -0.481 e. The number of rotatable bonds is 3.